The molecule has 4 nitrogen and oxygen atoms in total. The van der Waals surface area contributed by atoms with Crippen LogP contribution in [0.4, 0.5) is 11.4 Å². The van der Waals surface area contributed by atoms with Crippen LogP contribution in [0.15, 0.2) is 47.8 Å². The van der Waals surface area contributed by atoms with Crippen molar-refractivity contribution in [1.82, 2.24) is 0 Å². The minimum absolute atomic E-state index is 0.0155. The van der Waals surface area contributed by atoms with E-state index >= 15 is 0 Å². The summed E-state index contributed by atoms with van der Waals surface area (Å²) in [6.45, 7) is 2.59. The van der Waals surface area contributed by atoms with Crippen molar-refractivity contribution in [2.75, 3.05) is 16.8 Å². The Morgan fingerprint density at radius 1 is 1.07 bits per heavy atom. The SMILES string of the molecule is Cc1cc(C(=O)N2CCCCc3sccc32)ccc1NC(=O)c1ccc(Cl)cc1Cl. The van der Waals surface area contributed by atoms with Crippen molar-refractivity contribution in [2.24, 2.45) is 0 Å². The van der Waals surface area contributed by atoms with Crippen molar-refractivity contribution in [3.8, 4) is 0 Å². The summed E-state index contributed by atoms with van der Waals surface area (Å²) in [7, 11) is 0. The minimum atomic E-state index is -0.325. The van der Waals surface area contributed by atoms with Gasteiger partial charge in [0.05, 0.1) is 16.3 Å². The second-order valence-electron chi connectivity index (χ2n) is 7.25. The molecule has 3 aromatic rings. The molecule has 0 bridgehead atoms. The lowest BCUT2D eigenvalue weighted by Crippen LogP contribution is -2.31. The first-order valence-corrected chi connectivity index (χ1v) is 11.3. The molecule has 2 heterocycles. The standard InChI is InChI=1S/C23H20Cl2N2O2S/c1-14-12-15(23(29)27-10-3-2-4-21-20(27)9-11-30-21)5-8-19(14)26-22(28)17-7-6-16(24)13-18(17)25/h5-9,11-13H,2-4,10H2,1H3,(H,26,28). The van der Waals surface area contributed by atoms with E-state index in [4.69, 9.17) is 23.2 Å². The number of aryl methyl sites for hydroxylation is 2. The summed E-state index contributed by atoms with van der Waals surface area (Å²) in [5.74, 6) is -0.340. The Morgan fingerprint density at radius 3 is 2.67 bits per heavy atom. The van der Waals surface area contributed by atoms with Crippen LogP contribution in [0, 0.1) is 6.92 Å². The molecule has 2 aromatic carbocycles. The Hall–Kier alpha value is -2.34. The molecule has 0 saturated carbocycles. The van der Waals surface area contributed by atoms with Gasteiger partial charge in [0.15, 0.2) is 0 Å². The topological polar surface area (TPSA) is 49.4 Å². The number of carbonyl (C=O) groups is 2. The molecule has 154 valence electrons. The van der Waals surface area contributed by atoms with Crippen LogP contribution in [-0.2, 0) is 6.42 Å². The fraction of sp³-hybridized carbons (Fsp3) is 0.217. The summed E-state index contributed by atoms with van der Waals surface area (Å²) >= 11 is 13.7. The number of hydrogen-bond donors (Lipinski definition) is 1. The number of halogens is 2. The third-order valence-electron chi connectivity index (χ3n) is 5.19. The second kappa shape index (κ2) is 8.80. The Morgan fingerprint density at radius 2 is 1.90 bits per heavy atom. The lowest BCUT2D eigenvalue weighted by Gasteiger charge is -2.21. The van der Waals surface area contributed by atoms with E-state index in [0.29, 0.717) is 21.8 Å². The maximum Gasteiger partial charge on any atom is 0.258 e. The highest BCUT2D eigenvalue weighted by atomic mass is 35.5. The largest absolute Gasteiger partial charge is 0.322 e. The fourth-order valence-electron chi connectivity index (χ4n) is 3.60. The van der Waals surface area contributed by atoms with Gasteiger partial charge in [0.1, 0.15) is 0 Å². The Kier molecular flexibility index (Phi) is 6.14. The van der Waals surface area contributed by atoms with Crippen LogP contribution in [0.1, 0.15) is 44.0 Å². The number of benzene rings is 2. The van der Waals surface area contributed by atoms with E-state index in [0.717, 1.165) is 37.1 Å². The first-order chi connectivity index (χ1) is 14.4. The van der Waals surface area contributed by atoms with Gasteiger partial charge in [-0.3, -0.25) is 9.59 Å². The molecule has 4 rings (SSSR count). The number of carbonyl (C=O) groups excluding carboxylic acids is 2. The summed E-state index contributed by atoms with van der Waals surface area (Å²) in [6, 6.07) is 12.1. The highest BCUT2D eigenvalue weighted by Crippen LogP contribution is 2.32. The third-order valence-corrected chi connectivity index (χ3v) is 6.71. The van der Waals surface area contributed by atoms with Crippen LogP contribution in [0.5, 0.6) is 0 Å². The molecule has 0 atom stereocenters. The normalized spacial score (nSPS) is 13.5. The summed E-state index contributed by atoms with van der Waals surface area (Å²) in [5, 5.41) is 5.67. The molecule has 2 amide bonds. The maximum atomic E-state index is 13.2. The lowest BCUT2D eigenvalue weighted by molar-refractivity contribution is 0.0985. The number of thiophene rings is 1. The van der Waals surface area contributed by atoms with E-state index in [1.54, 1.807) is 35.6 Å². The maximum absolute atomic E-state index is 13.2. The summed E-state index contributed by atoms with van der Waals surface area (Å²) in [6.07, 6.45) is 3.10. The molecule has 7 heteroatoms. The number of nitrogens with zero attached hydrogens (tertiary/aromatic N) is 1. The smallest absolute Gasteiger partial charge is 0.258 e. The zero-order chi connectivity index (χ0) is 21.3. The molecule has 0 radical (unpaired) electrons. The van der Waals surface area contributed by atoms with Crippen LogP contribution < -0.4 is 10.2 Å². The molecule has 1 aliphatic rings. The van der Waals surface area contributed by atoms with Gasteiger partial charge in [-0.05, 0) is 79.6 Å². The third kappa shape index (κ3) is 4.24. The Labute approximate surface area is 189 Å². The van der Waals surface area contributed by atoms with E-state index in [9.17, 15) is 9.59 Å². The fourth-order valence-corrected chi connectivity index (χ4v) is 5.02. The van der Waals surface area contributed by atoms with Gasteiger partial charge < -0.3 is 10.2 Å². The van der Waals surface area contributed by atoms with Crippen LogP contribution in [0.2, 0.25) is 10.0 Å². The van der Waals surface area contributed by atoms with E-state index in [1.807, 2.05) is 29.3 Å². The van der Waals surface area contributed by atoms with Crippen LogP contribution >= 0.6 is 34.5 Å². The number of fused-ring (bicyclic) bond motifs is 1. The van der Waals surface area contributed by atoms with Crippen molar-refractivity contribution >= 4 is 57.7 Å². The molecular weight excluding hydrogens is 439 g/mol. The molecule has 0 unspecified atom stereocenters. The number of nitrogens with one attached hydrogen (secondary N) is 1. The first kappa shape index (κ1) is 20.9. The van der Waals surface area contributed by atoms with Gasteiger partial charge in [0, 0.05) is 27.7 Å². The van der Waals surface area contributed by atoms with Gasteiger partial charge in [-0.25, -0.2) is 0 Å². The van der Waals surface area contributed by atoms with Gasteiger partial charge in [-0.1, -0.05) is 23.2 Å². The molecule has 0 fully saturated rings. The van der Waals surface area contributed by atoms with Gasteiger partial charge in [0.2, 0.25) is 0 Å². The quantitative estimate of drug-likeness (QED) is 0.480. The highest BCUT2D eigenvalue weighted by Gasteiger charge is 2.23. The average molecular weight is 459 g/mol. The van der Waals surface area contributed by atoms with Crippen molar-refractivity contribution < 1.29 is 9.59 Å². The van der Waals surface area contributed by atoms with Crippen LogP contribution in [-0.4, -0.2) is 18.4 Å². The Bertz CT molecular complexity index is 1130. The van der Waals surface area contributed by atoms with E-state index in [1.165, 1.54) is 10.9 Å². The molecule has 0 saturated heterocycles. The molecule has 1 aromatic heterocycles. The van der Waals surface area contributed by atoms with Gasteiger partial charge in [-0.15, -0.1) is 11.3 Å². The first-order valence-electron chi connectivity index (χ1n) is 9.69. The second-order valence-corrected chi connectivity index (χ2v) is 9.10. The molecule has 0 spiro atoms. The summed E-state index contributed by atoms with van der Waals surface area (Å²) in [4.78, 5) is 28.9. The molecule has 1 aliphatic heterocycles. The highest BCUT2D eigenvalue weighted by molar-refractivity contribution is 7.10. The summed E-state index contributed by atoms with van der Waals surface area (Å²) in [5.41, 5.74) is 3.41. The van der Waals surface area contributed by atoms with Crippen molar-refractivity contribution in [3.63, 3.8) is 0 Å². The van der Waals surface area contributed by atoms with E-state index in [-0.39, 0.29) is 16.8 Å². The van der Waals surface area contributed by atoms with Crippen molar-refractivity contribution in [3.05, 3.63) is 79.5 Å². The average Bonchev–Trinajstić information content (AvgIpc) is 3.08. The number of amides is 2. The summed E-state index contributed by atoms with van der Waals surface area (Å²) < 4.78 is 0. The van der Waals surface area contributed by atoms with Crippen molar-refractivity contribution in [1.29, 1.82) is 0 Å². The minimum Gasteiger partial charge on any atom is -0.322 e. The van der Waals surface area contributed by atoms with Crippen LogP contribution in [0.25, 0.3) is 0 Å². The predicted molar refractivity (Wildman–Crippen MR) is 125 cm³/mol. The predicted octanol–water partition coefficient (Wildman–Crippen LogP) is 6.60. The van der Waals surface area contributed by atoms with Gasteiger partial charge >= 0.3 is 0 Å². The Balaban J connectivity index is 1.55. The monoisotopic (exact) mass is 458 g/mol. The van der Waals surface area contributed by atoms with E-state index in [2.05, 4.69) is 5.32 Å². The van der Waals surface area contributed by atoms with Crippen LogP contribution in [0.3, 0.4) is 0 Å². The number of anilines is 2. The van der Waals surface area contributed by atoms with E-state index < -0.39 is 0 Å². The van der Waals surface area contributed by atoms with Gasteiger partial charge in [-0.2, -0.15) is 0 Å². The van der Waals surface area contributed by atoms with Crippen molar-refractivity contribution in [2.45, 2.75) is 26.2 Å². The zero-order valence-corrected chi connectivity index (χ0v) is 18.7. The van der Waals surface area contributed by atoms with Gasteiger partial charge in [0.25, 0.3) is 11.8 Å². The number of hydrogen-bond acceptors (Lipinski definition) is 3. The molecular formula is C23H20Cl2N2O2S. The molecule has 1 N–H and O–H groups in total. The number of rotatable bonds is 3. The molecule has 0 aliphatic carbocycles. The zero-order valence-electron chi connectivity index (χ0n) is 16.4. The molecule has 30 heavy (non-hydrogen) atoms. The lowest BCUT2D eigenvalue weighted by atomic mass is 10.1.